The standard InChI is InChI=1S/C16H21ClN4/c1-4-7-14-20-15(17)11(3)16(21-14)19-10-13-12(5-2)8-6-9-18-13/h6,8-9H,4-5,7,10H2,1-3H3,(H,19,20,21). The largest absolute Gasteiger partial charge is 0.364 e. The number of pyridine rings is 1. The van der Waals surface area contributed by atoms with Crippen LogP contribution in [0, 0.1) is 6.92 Å². The summed E-state index contributed by atoms with van der Waals surface area (Å²) in [4.78, 5) is 13.3. The Morgan fingerprint density at radius 3 is 2.76 bits per heavy atom. The van der Waals surface area contributed by atoms with Gasteiger partial charge in [-0.05, 0) is 31.4 Å². The lowest BCUT2D eigenvalue weighted by molar-refractivity contribution is 0.828. The molecule has 5 heteroatoms. The highest BCUT2D eigenvalue weighted by atomic mass is 35.5. The van der Waals surface area contributed by atoms with E-state index in [1.807, 2.05) is 19.2 Å². The van der Waals surface area contributed by atoms with Gasteiger partial charge in [-0.2, -0.15) is 0 Å². The van der Waals surface area contributed by atoms with Gasteiger partial charge in [0.2, 0.25) is 0 Å². The van der Waals surface area contributed by atoms with Gasteiger partial charge in [-0.25, -0.2) is 9.97 Å². The van der Waals surface area contributed by atoms with Crippen molar-refractivity contribution in [1.82, 2.24) is 15.0 Å². The Morgan fingerprint density at radius 2 is 2.05 bits per heavy atom. The van der Waals surface area contributed by atoms with Crippen molar-refractivity contribution in [2.24, 2.45) is 0 Å². The van der Waals surface area contributed by atoms with E-state index in [2.05, 4.69) is 40.2 Å². The summed E-state index contributed by atoms with van der Waals surface area (Å²) in [6, 6.07) is 4.07. The van der Waals surface area contributed by atoms with Crippen LogP contribution in [0.15, 0.2) is 18.3 Å². The van der Waals surface area contributed by atoms with E-state index in [0.29, 0.717) is 11.7 Å². The minimum atomic E-state index is 0.521. The lowest BCUT2D eigenvalue weighted by Crippen LogP contribution is -2.09. The fourth-order valence-corrected chi connectivity index (χ4v) is 2.35. The summed E-state index contributed by atoms with van der Waals surface area (Å²) in [7, 11) is 0. The lowest BCUT2D eigenvalue weighted by Gasteiger charge is -2.12. The fourth-order valence-electron chi connectivity index (χ4n) is 2.16. The molecule has 0 radical (unpaired) electrons. The van der Waals surface area contributed by atoms with Crippen molar-refractivity contribution in [1.29, 1.82) is 0 Å². The highest BCUT2D eigenvalue weighted by molar-refractivity contribution is 6.30. The maximum absolute atomic E-state index is 6.19. The molecule has 0 spiro atoms. The molecule has 2 aromatic rings. The molecule has 0 aliphatic heterocycles. The molecule has 4 nitrogen and oxygen atoms in total. The van der Waals surface area contributed by atoms with Crippen LogP contribution in [0.4, 0.5) is 5.82 Å². The average molecular weight is 305 g/mol. The molecule has 0 saturated heterocycles. The molecule has 0 atom stereocenters. The molecule has 0 aromatic carbocycles. The number of aryl methyl sites for hydroxylation is 2. The molecular formula is C16H21ClN4. The van der Waals surface area contributed by atoms with Crippen LogP contribution >= 0.6 is 11.6 Å². The van der Waals surface area contributed by atoms with Gasteiger partial charge >= 0.3 is 0 Å². The van der Waals surface area contributed by atoms with E-state index in [1.165, 1.54) is 5.56 Å². The van der Waals surface area contributed by atoms with Crippen LogP contribution in [0.25, 0.3) is 0 Å². The summed E-state index contributed by atoms with van der Waals surface area (Å²) in [6.07, 6.45) is 4.62. The first-order valence-electron chi connectivity index (χ1n) is 7.35. The maximum atomic E-state index is 6.19. The first-order chi connectivity index (χ1) is 10.2. The van der Waals surface area contributed by atoms with Gasteiger partial charge in [-0.15, -0.1) is 0 Å². The first-order valence-corrected chi connectivity index (χ1v) is 7.73. The van der Waals surface area contributed by atoms with Gasteiger partial charge < -0.3 is 5.32 Å². The van der Waals surface area contributed by atoms with E-state index in [-0.39, 0.29) is 0 Å². The Balaban J connectivity index is 2.19. The predicted octanol–water partition coefficient (Wildman–Crippen LogP) is 3.96. The van der Waals surface area contributed by atoms with Crippen LogP contribution in [-0.4, -0.2) is 15.0 Å². The van der Waals surface area contributed by atoms with Gasteiger partial charge in [0.25, 0.3) is 0 Å². The van der Waals surface area contributed by atoms with E-state index in [9.17, 15) is 0 Å². The molecule has 2 rings (SSSR count). The second kappa shape index (κ2) is 7.36. The number of nitrogens with zero attached hydrogens (tertiary/aromatic N) is 3. The van der Waals surface area contributed by atoms with E-state index in [4.69, 9.17) is 11.6 Å². The van der Waals surface area contributed by atoms with Gasteiger partial charge in [-0.1, -0.05) is 31.5 Å². The highest BCUT2D eigenvalue weighted by Crippen LogP contribution is 2.21. The third kappa shape index (κ3) is 3.91. The summed E-state index contributed by atoms with van der Waals surface area (Å²) in [5.74, 6) is 1.58. The molecular weight excluding hydrogens is 284 g/mol. The van der Waals surface area contributed by atoms with Gasteiger partial charge in [0.15, 0.2) is 0 Å². The van der Waals surface area contributed by atoms with E-state index < -0.39 is 0 Å². The van der Waals surface area contributed by atoms with Crippen molar-refractivity contribution in [3.05, 3.63) is 46.1 Å². The Labute approximate surface area is 131 Å². The summed E-state index contributed by atoms with van der Waals surface area (Å²) >= 11 is 6.19. The minimum Gasteiger partial charge on any atom is -0.364 e. The minimum absolute atomic E-state index is 0.521. The van der Waals surface area contributed by atoms with Crippen molar-refractivity contribution in [2.75, 3.05) is 5.32 Å². The zero-order valence-corrected chi connectivity index (χ0v) is 13.5. The zero-order chi connectivity index (χ0) is 15.2. The maximum Gasteiger partial charge on any atom is 0.137 e. The van der Waals surface area contributed by atoms with E-state index in [1.54, 1.807) is 0 Å². The molecule has 0 unspecified atom stereocenters. The molecule has 2 heterocycles. The summed E-state index contributed by atoms with van der Waals surface area (Å²) < 4.78 is 0. The van der Waals surface area contributed by atoms with Gasteiger partial charge in [0, 0.05) is 18.2 Å². The second-order valence-corrected chi connectivity index (χ2v) is 5.33. The fraction of sp³-hybridized carbons (Fsp3) is 0.438. The third-order valence-corrected chi connectivity index (χ3v) is 3.76. The van der Waals surface area contributed by atoms with Crippen molar-refractivity contribution in [3.8, 4) is 0 Å². The van der Waals surface area contributed by atoms with Crippen LogP contribution in [0.5, 0.6) is 0 Å². The molecule has 0 amide bonds. The Hall–Kier alpha value is -1.68. The quantitative estimate of drug-likeness (QED) is 0.821. The number of hydrogen-bond acceptors (Lipinski definition) is 4. The third-order valence-electron chi connectivity index (χ3n) is 3.40. The Kier molecular flexibility index (Phi) is 5.51. The molecule has 0 fully saturated rings. The van der Waals surface area contributed by atoms with Gasteiger partial charge in [-0.3, -0.25) is 4.98 Å². The normalized spacial score (nSPS) is 10.7. The number of hydrogen-bond donors (Lipinski definition) is 1. The van der Waals surface area contributed by atoms with E-state index >= 15 is 0 Å². The molecule has 0 saturated carbocycles. The molecule has 0 aliphatic carbocycles. The number of anilines is 1. The summed E-state index contributed by atoms with van der Waals surface area (Å²) in [6.45, 7) is 6.81. The smallest absolute Gasteiger partial charge is 0.137 e. The number of nitrogens with one attached hydrogen (secondary N) is 1. The Bertz CT molecular complexity index is 613. The molecule has 21 heavy (non-hydrogen) atoms. The summed E-state index contributed by atoms with van der Waals surface area (Å²) in [5.41, 5.74) is 3.17. The zero-order valence-electron chi connectivity index (χ0n) is 12.8. The second-order valence-electron chi connectivity index (χ2n) is 4.97. The topological polar surface area (TPSA) is 50.7 Å². The van der Waals surface area contributed by atoms with Crippen LogP contribution in [0.1, 0.15) is 42.9 Å². The van der Waals surface area contributed by atoms with Crippen molar-refractivity contribution >= 4 is 17.4 Å². The molecule has 2 aromatic heterocycles. The van der Waals surface area contributed by atoms with Crippen molar-refractivity contribution in [3.63, 3.8) is 0 Å². The first kappa shape index (κ1) is 15.7. The van der Waals surface area contributed by atoms with Crippen LogP contribution < -0.4 is 5.32 Å². The molecule has 0 bridgehead atoms. The van der Waals surface area contributed by atoms with Crippen molar-refractivity contribution < 1.29 is 0 Å². The monoisotopic (exact) mass is 304 g/mol. The van der Waals surface area contributed by atoms with Gasteiger partial charge in [0.1, 0.15) is 16.8 Å². The molecule has 112 valence electrons. The summed E-state index contributed by atoms with van der Waals surface area (Å²) in [5, 5.41) is 3.87. The molecule has 1 N–H and O–H groups in total. The average Bonchev–Trinajstić information content (AvgIpc) is 2.50. The van der Waals surface area contributed by atoms with Crippen LogP contribution in [-0.2, 0) is 19.4 Å². The van der Waals surface area contributed by atoms with Gasteiger partial charge in [0.05, 0.1) is 12.2 Å². The Morgan fingerprint density at radius 1 is 1.24 bits per heavy atom. The van der Waals surface area contributed by atoms with Crippen LogP contribution in [0.3, 0.4) is 0 Å². The molecule has 0 aliphatic rings. The SMILES string of the molecule is CCCc1nc(Cl)c(C)c(NCc2ncccc2CC)n1. The van der Waals surface area contributed by atoms with E-state index in [0.717, 1.165) is 42.2 Å². The number of rotatable bonds is 6. The number of aromatic nitrogens is 3. The number of halogens is 1. The highest BCUT2D eigenvalue weighted by Gasteiger charge is 2.10. The van der Waals surface area contributed by atoms with Crippen LogP contribution in [0.2, 0.25) is 5.15 Å². The van der Waals surface area contributed by atoms with Crippen molar-refractivity contribution in [2.45, 2.75) is 46.6 Å². The lowest BCUT2D eigenvalue weighted by atomic mass is 10.1. The predicted molar refractivity (Wildman–Crippen MR) is 86.7 cm³/mol.